The van der Waals surface area contributed by atoms with Crippen molar-refractivity contribution in [1.29, 1.82) is 0 Å². The topological polar surface area (TPSA) is 87.8 Å². The first-order valence-electron chi connectivity index (χ1n) is 4.81. The molecule has 0 radical (unpaired) electrons. The van der Waals surface area contributed by atoms with Crippen LogP contribution < -0.4 is 11.1 Å². The van der Waals surface area contributed by atoms with Crippen molar-refractivity contribution in [1.82, 2.24) is 10.2 Å². The van der Waals surface area contributed by atoms with Crippen LogP contribution in [0.3, 0.4) is 0 Å². The number of nitrogens with zero attached hydrogens (tertiary/aromatic N) is 2. The first-order chi connectivity index (χ1) is 7.10. The first kappa shape index (κ1) is 10.6. The molecule has 1 saturated heterocycles. The van der Waals surface area contributed by atoms with E-state index in [1.165, 1.54) is 6.20 Å². The molecule has 2 heterocycles. The van der Waals surface area contributed by atoms with Gasteiger partial charge in [0.25, 0.3) is 0 Å². The van der Waals surface area contributed by atoms with Crippen LogP contribution in [0.1, 0.15) is 0 Å². The van der Waals surface area contributed by atoms with Crippen LogP contribution in [0.4, 0.5) is 0 Å². The van der Waals surface area contributed by atoms with Crippen LogP contribution >= 0.6 is 0 Å². The molecule has 2 aliphatic rings. The molecule has 6 nitrogen and oxygen atoms in total. The molecule has 0 amide bonds. The third-order valence-corrected chi connectivity index (χ3v) is 4.11. The number of hydrogen-bond acceptors (Lipinski definition) is 6. The highest BCUT2D eigenvalue weighted by molar-refractivity contribution is 8.10. The largest absolute Gasteiger partial charge is 0.388 e. The number of rotatable bonds is 2. The van der Waals surface area contributed by atoms with Crippen molar-refractivity contribution in [3.05, 3.63) is 11.2 Å². The molecular weight excluding hydrogens is 216 g/mol. The summed E-state index contributed by atoms with van der Waals surface area (Å²) in [5.41, 5.74) is 5.34. The summed E-state index contributed by atoms with van der Waals surface area (Å²) in [7, 11) is -3.44. The molecule has 0 aromatic carbocycles. The van der Waals surface area contributed by atoms with E-state index in [1.807, 2.05) is 0 Å². The summed E-state index contributed by atoms with van der Waals surface area (Å²) in [4.78, 5) is 5.90. The molecule has 0 unspecified atom stereocenters. The Balaban J connectivity index is 2.02. The summed E-state index contributed by atoms with van der Waals surface area (Å²) in [5, 5.41) is 3.22. The van der Waals surface area contributed by atoms with E-state index in [0.717, 1.165) is 26.2 Å². The van der Waals surface area contributed by atoms with Gasteiger partial charge in [-0.25, -0.2) is 13.4 Å². The summed E-state index contributed by atoms with van der Waals surface area (Å²) < 4.78 is 23.2. The Bertz CT molecular complexity index is 406. The normalized spacial score (nSPS) is 26.1. The van der Waals surface area contributed by atoms with Gasteiger partial charge in [-0.15, -0.1) is 0 Å². The number of nitrogens with one attached hydrogen (secondary N) is 1. The second-order valence-electron chi connectivity index (χ2n) is 3.58. The molecule has 0 aromatic rings. The van der Waals surface area contributed by atoms with Crippen LogP contribution in [0.25, 0.3) is 0 Å². The minimum absolute atomic E-state index is 0.146. The Kier molecular flexibility index (Phi) is 2.76. The Morgan fingerprint density at radius 1 is 1.47 bits per heavy atom. The summed E-state index contributed by atoms with van der Waals surface area (Å²) in [6.07, 6.45) is 1.22. The van der Waals surface area contributed by atoms with Gasteiger partial charge >= 0.3 is 0 Å². The standard InChI is InChI=1S/C8H14N4O2S/c9-7-5-11-8(15(7,13)14)6-12-3-1-10-2-4-12/h5,10H,1-4,6,9H2. The van der Waals surface area contributed by atoms with E-state index in [2.05, 4.69) is 15.2 Å². The number of nitrogens with two attached hydrogens (primary N) is 1. The van der Waals surface area contributed by atoms with Crippen LogP contribution in [-0.4, -0.2) is 51.1 Å². The molecule has 7 heteroatoms. The molecule has 15 heavy (non-hydrogen) atoms. The maximum atomic E-state index is 11.6. The summed E-state index contributed by atoms with van der Waals surface area (Å²) in [5.74, 6) is 0. The summed E-state index contributed by atoms with van der Waals surface area (Å²) >= 11 is 0. The number of sulfone groups is 1. The van der Waals surface area contributed by atoms with Crippen molar-refractivity contribution < 1.29 is 8.42 Å². The second-order valence-corrected chi connectivity index (χ2v) is 5.53. The Labute approximate surface area is 88.8 Å². The van der Waals surface area contributed by atoms with Crippen LogP contribution in [0.15, 0.2) is 16.2 Å². The van der Waals surface area contributed by atoms with Crippen LogP contribution in [-0.2, 0) is 9.84 Å². The van der Waals surface area contributed by atoms with Gasteiger partial charge in [-0.3, -0.25) is 4.90 Å². The van der Waals surface area contributed by atoms with Gasteiger partial charge in [0.1, 0.15) is 0 Å². The highest BCUT2D eigenvalue weighted by atomic mass is 32.2. The molecule has 0 aliphatic carbocycles. The van der Waals surface area contributed by atoms with Crippen LogP contribution in [0.2, 0.25) is 0 Å². The zero-order valence-corrected chi connectivity index (χ0v) is 9.13. The quantitative estimate of drug-likeness (QED) is 0.601. The monoisotopic (exact) mass is 230 g/mol. The van der Waals surface area contributed by atoms with Gasteiger partial charge in [0.2, 0.25) is 9.84 Å². The fourth-order valence-electron chi connectivity index (χ4n) is 1.60. The lowest BCUT2D eigenvalue weighted by atomic mass is 10.4. The fourth-order valence-corrected chi connectivity index (χ4v) is 2.60. The minimum Gasteiger partial charge on any atom is -0.388 e. The van der Waals surface area contributed by atoms with Gasteiger partial charge < -0.3 is 11.1 Å². The molecule has 0 spiro atoms. The molecule has 2 rings (SSSR count). The number of aliphatic imine (C=N–C) groups is 1. The number of hydrogen-bond donors (Lipinski definition) is 2. The Morgan fingerprint density at radius 3 is 2.67 bits per heavy atom. The smallest absolute Gasteiger partial charge is 0.237 e. The lowest BCUT2D eigenvalue weighted by Crippen LogP contribution is -2.46. The lowest BCUT2D eigenvalue weighted by molar-refractivity contribution is 0.273. The fraction of sp³-hybridized carbons (Fsp3) is 0.625. The molecule has 0 atom stereocenters. The van der Waals surface area contributed by atoms with E-state index in [1.54, 1.807) is 0 Å². The van der Waals surface area contributed by atoms with Gasteiger partial charge in [0, 0.05) is 26.2 Å². The van der Waals surface area contributed by atoms with Gasteiger partial charge in [0.15, 0.2) is 10.1 Å². The van der Waals surface area contributed by atoms with E-state index >= 15 is 0 Å². The first-order valence-corrected chi connectivity index (χ1v) is 6.29. The summed E-state index contributed by atoms with van der Waals surface area (Å²) in [6, 6.07) is 0. The molecule has 0 saturated carbocycles. The molecule has 84 valence electrons. The zero-order chi connectivity index (χ0) is 10.9. The Morgan fingerprint density at radius 2 is 2.13 bits per heavy atom. The molecular formula is C8H14N4O2S. The van der Waals surface area contributed by atoms with Crippen molar-refractivity contribution in [2.45, 2.75) is 0 Å². The van der Waals surface area contributed by atoms with Crippen LogP contribution in [0, 0.1) is 0 Å². The highest BCUT2D eigenvalue weighted by Gasteiger charge is 2.29. The van der Waals surface area contributed by atoms with Crippen molar-refractivity contribution in [3.8, 4) is 0 Å². The number of piperazine rings is 1. The Hall–Kier alpha value is -0.920. The molecule has 3 N–H and O–H groups in total. The maximum absolute atomic E-state index is 11.6. The second kappa shape index (κ2) is 3.92. The maximum Gasteiger partial charge on any atom is 0.237 e. The molecule has 2 aliphatic heterocycles. The van der Waals surface area contributed by atoms with E-state index in [9.17, 15) is 8.42 Å². The molecule has 1 fully saturated rings. The van der Waals surface area contributed by atoms with Crippen LogP contribution in [0.5, 0.6) is 0 Å². The van der Waals surface area contributed by atoms with Crippen molar-refractivity contribution >= 4 is 14.9 Å². The molecule has 0 bridgehead atoms. The van der Waals surface area contributed by atoms with Gasteiger partial charge in [-0.05, 0) is 0 Å². The van der Waals surface area contributed by atoms with E-state index in [-0.39, 0.29) is 10.1 Å². The van der Waals surface area contributed by atoms with E-state index in [0.29, 0.717) is 6.54 Å². The van der Waals surface area contributed by atoms with Crippen molar-refractivity contribution in [3.63, 3.8) is 0 Å². The SMILES string of the molecule is NC1=CN=C(CN2CCNCC2)S1(=O)=O. The van der Waals surface area contributed by atoms with Crippen molar-refractivity contribution in [2.75, 3.05) is 32.7 Å². The average Bonchev–Trinajstić information content (AvgIpc) is 2.47. The predicted molar refractivity (Wildman–Crippen MR) is 57.9 cm³/mol. The molecule has 0 aromatic heterocycles. The van der Waals surface area contributed by atoms with E-state index < -0.39 is 9.84 Å². The van der Waals surface area contributed by atoms with E-state index in [4.69, 9.17) is 5.73 Å². The average molecular weight is 230 g/mol. The zero-order valence-electron chi connectivity index (χ0n) is 8.31. The third kappa shape index (κ3) is 2.04. The third-order valence-electron chi connectivity index (χ3n) is 2.52. The van der Waals surface area contributed by atoms with Gasteiger partial charge in [0.05, 0.1) is 12.7 Å². The van der Waals surface area contributed by atoms with Gasteiger partial charge in [-0.2, -0.15) is 0 Å². The predicted octanol–water partition coefficient (Wildman–Crippen LogP) is -1.52. The minimum atomic E-state index is -3.44. The summed E-state index contributed by atoms with van der Waals surface area (Å²) in [6.45, 7) is 3.82. The van der Waals surface area contributed by atoms with Crippen molar-refractivity contribution in [2.24, 2.45) is 10.7 Å². The lowest BCUT2D eigenvalue weighted by Gasteiger charge is -2.26. The van der Waals surface area contributed by atoms with Gasteiger partial charge in [-0.1, -0.05) is 0 Å². The highest BCUT2D eigenvalue weighted by Crippen LogP contribution is 2.13.